The van der Waals surface area contributed by atoms with Gasteiger partial charge in [-0.1, -0.05) is 24.3 Å². The van der Waals surface area contributed by atoms with Crippen molar-refractivity contribution in [1.29, 1.82) is 0 Å². The zero-order valence-electron chi connectivity index (χ0n) is 11.4. The molecule has 3 aromatic rings. The smallest absolute Gasteiger partial charge is 0.0491 e. The highest BCUT2D eigenvalue weighted by Crippen LogP contribution is 2.29. The molecule has 0 aliphatic rings. The zero-order chi connectivity index (χ0) is 13.2. The summed E-state index contributed by atoms with van der Waals surface area (Å²) < 4.78 is 2.39. The van der Waals surface area contributed by atoms with Gasteiger partial charge in [0.2, 0.25) is 0 Å². The molecule has 0 fully saturated rings. The summed E-state index contributed by atoms with van der Waals surface area (Å²) in [5, 5.41) is 2.72. The van der Waals surface area contributed by atoms with Crippen molar-refractivity contribution >= 4 is 21.8 Å². The minimum absolute atomic E-state index is 0.759. The number of aromatic nitrogens is 1. The Morgan fingerprint density at radius 1 is 1.00 bits per heavy atom. The predicted molar refractivity (Wildman–Crippen MR) is 82.5 cm³/mol. The molecule has 0 atom stereocenters. The number of fused-ring (bicyclic) bond motifs is 3. The third-order valence-corrected chi connectivity index (χ3v) is 3.82. The minimum atomic E-state index is 0.759. The SMILES string of the molecule is CCn1c2ccccc2c2cc(CCCN)ccc21. The summed E-state index contributed by atoms with van der Waals surface area (Å²) in [4.78, 5) is 0. The van der Waals surface area contributed by atoms with Gasteiger partial charge in [0.15, 0.2) is 0 Å². The number of benzene rings is 2. The van der Waals surface area contributed by atoms with Crippen molar-refractivity contribution in [2.45, 2.75) is 26.3 Å². The summed E-state index contributed by atoms with van der Waals surface area (Å²) in [7, 11) is 0. The molecule has 0 spiro atoms. The molecule has 0 unspecified atom stereocenters. The van der Waals surface area contributed by atoms with E-state index in [-0.39, 0.29) is 0 Å². The van der Waals surface area contributed by atoms with Crippen LogP contribution in [0.3, 0.4) is 0 Å². The highest BCUT2D eigenvalue weighted by atomic mass is 15.0. The third kappa shape index (κ3) is 2.02. The van der Waals surface area contributed by atoms with E-state index < -0.39 is 0 Å². The number of para-hydroxylation sites is 1. The van der Waals surface area contributed by atoms with Crippen LogP contribution in [0.25, 0.3) is 21.8 Å². The van der Waals surface area contributed by atoms with Crippen LogP contribution in [0.15, 0.2) is 42.5 Å². The van der Waals surface area contributed by atoms with Gasteiger partial charge in [0.25, 0.3) is 0 Å². The lowest BCUT2D eigenvalue weighted by Crippen LogP contribution is -2.00. The first kappa shape index (κ1) is 12.2. The van der Waals surface area contributed by atoms with Crippen molar-refractivity contribution in [3.63, 3.8) is 0 Å². The molecule has 0 aliphatic heterocycles. The Labute approximate surface area is 113 Å². The normalized spacial score (nSPS) is 11.5. The monoisotopic (exact) mass is 252 g/mol. The Morgan fingerprint density at radius 3 is 2.58 bits per heavy atom. The summed E-state index contributed by atoms with van der Waals surface area (Å²) in [5.74, 6) is 0. The van der Waals surface area contributed by atoms with Crippen molar-refractivity contribution in [3.05, 3.63) is 48.0 Å². The highest BCUT2D eigenvalue weighted by Gasteiger charge is 2.09. The number of nitrogens with zero attached hydrogens (tertiary/aromatic N) is 1. The lowest BCUT2D eigenvalue weighted by molar-refractivity contribution is 0.823. The van der Waals surface area contributed by atoms with Gasteiger partial charge < -0.3 is 10.3 Å². The lowest BCUT2D eigenvalue weighted by atomic mass is 10.1. The maximum Gasteiger partial charge on any atom is 0.0491 e. The first-order valence-electron chi connectivity index (χ1n) is 7.05. The molecule has 19 heavy (non-hydrogen) atoms. The summed E-state index contributed by atoms with van der Waals surface area (Å²) >= 11 is 0. The van der Waals surface area contributed by atoms with Gasteiger partial charge in [0.1, 0.15) is 0 Å². The standard InChI is InChI=1S/C17H20N2/c1-2-19-16-8-4-3-7-14(16)15-12-13(6-5-11-18)9-10-17(15)19/h3-4,7-10,12H,2,5-6,11,18H2,1H3. The van der Waals surface area contributed by atoms with Gasteiger partial charge in [0, 0.05) is 28.4 Å². The average molecular weight is 252 g/mol. The molecule has 0 saturated heterocycles. The van der Waals surface area contributed by atoms with E-state index >= 15 is 0 Å². The van der Waals surface area contributed by atoms with E-state index in [2.05, 4.69) is 54.0 Å². The summed E-state index contributed by atoms with van der Waals surface area (Å²) in [6.45, 7) is 3.97. The van der Waals surface area contributed by atoms with Gasteiger partial charge >= 0.3 is 0 Å². The molecule has 2 aromatic carbocycles. The maximum absolute atomic E-state index is 5.60. The van der Waals surface area contributed by atoms with Crippen molar-refractivity contribution in [2.24, 2.45) is 5.73 Å². The quantitative estimate of drug-likeness (QED) is 0.754. The molecule has 2 nitrogen and oxygen atoms in total. The minimum Gasteiger partial charge on any atom is -0.341 e. The zero-order valence-corrected chi connectivity index (χ0v) is 11.4. The second-order valence-electron chi connectivity index (χ2n) is 5.01. The molecule has 0 aliphatic carbocycles. The van der Waals surface area contributed by atoms with Crippen LogP contribution in [0, 0.1) is 0 Å². The molecule has 2 N–H and O–H groups in total. The van der Waals surface area contributed by atoms with E-state index in [1.165, 1.54) is 27.4 Å². The van der Waals surface area contributed by atoms with Gasteiger partial charge in [-0.15, -0.1) is 0 Å². The molecule has 2 heteroatoms. The fourth-order valence-electron chi connectivity index (χ4n) is 2.90. The van der Waals surface area contributed by atoms with Crippen LogP contribution >= 0.6 is 0 Å². The van der Waals surface area contributed by atoms with Crippen LogP contribution in [0.2, 0.25) is 0 Å². The van der Waals surface area contributed by atoms with Crippen molar-refractivity contribution < 1.29 is 0 Å². The van der Waals surface area contributed by atoms with Gasteiger partial charge in [-0.05, 0) is 50.1 Å². The van der Waals surface area contributed by atoms with Crippen LogP contribution in [-0.2, 0) is 13.0 Å². The van der Waals surface area contributed by atoms with Crippen LogP contribution in [-0.4, -0.2) is 11.1 Å². The molecule has 0 bridgehead atoms. The average Bonchev–Trinajstić information content (AvgIpc) is 2.78. The molecule has 98 valence electrons. The molecule has 1 heterocycles. The third-order valence-electron chi connectivity index (χ3n) is 3.82. The van der Waals surface area contributed by atoms with Gasteiger partial charge in [-0.3, -0.25) is 0 Å². The number of hydrogen-bond donors (Lipinski definition) is 1. The van der Waals surface area contributed by atoms with Crippen LogP contribution < -0.4 is 5.73 Å². The van der Waals surface area contributed by atoms with Crippen molar-refractivity contribution in [3.8, 4) is 0 Å². The molecule has 0 amide bonds. The van der Waals surface area contributed by atoms with E-state index in [0.717, 1.165) is 25.9 Å². The Morgan fingerprint density at radius 2 is 1.79 bits per heavy atom. The van der Waals surface area contributed by atoms with Crippen molar-refractivity contribution in [2.75, 3.05) is 6.54 Å². The van der Waals surface area contributed by atoms with Crippen LogP contribution in [0.5, 0.6) is 0 Å². The summed E-state index contributed by atoms with van der Waals surface area (Å²) in [5.41, 5.74) is 9.65. The predicted octanol–water partition coefficient (Wildman–Crippen LogP) is 3.71. The van der Waals surface area contributed by atoms with Crippen LogP contribution in [0.4, 0.5) is 0 Å². The van der Waals surface area contributed by atoms with E-state index in [1.807, 2.05) is 0 Å². The second-order valence-corrected chi connectivity index (χ2v) is 5.01. The summed E-state index contributed by atoms with van der Waals surface area (Å²) in [6, 6.07) is 15.5. The Bertz CT molecular complexity index is 710. The maximum atomic E-state index is 5.60. The molecule has 0 saturated carbocycles. The Balaban J connectivity index is 2.24. The first-order valence-corrected chi connectivity index (χ1v) is 7.05. The molecular formula is C17H20N2. The Kier molecular flexibility index (Phi) is 3.26. The number of hydrogen-bond acceptors (Lipinski definition) is 1. The van der Waals surface area contributed by atoms with E-state index in [1.54, 1.807) is 0 Å². The fraction of sp³-hybridized carbons (Fsp3) is 0.294. The fourth-order valence-corrected chi connectivity index (χ4v) is 2.90. The molecule has 3 rings (SSSR count). The first-order chi connectivity index (χ1) is 9.35. The van der Waals surface area contributed by atoms with Gasteiger partial charge in [0.05, 0.1) is 0 Å². The van der Waals surface area contributed by atoms with E-state index in [9.17, 15) is 0 Å². The topological polar surface area (TPSA) is 30.9 Å². The van der Waals surface area contributed by atoms with Crippen LogP contribution in [0.1, 0.15) is 18.9 Å². The van der Waals surface area contributed by atoms with E-state index in [4.69, 9.17) is 5.73 Å². The van der Waals surface area contributed by atoms with Gasteiger partial charge in [-0.25, -0.2) is 0 Å². The number of rotatable bonds is 4. The lowest BCUT2D eigenvalue weighted by Gasteiger charge is -2.04. The molecular weight excluding hydrogens is 232 g/mol. The second kappa shape index (κ2) is 5.06. The molecule has 1 aromatic heterocycles. The largest absolute Gasteiger partial charge is 0.341 e. The number of nitrogens with two attached hydrogens (primary N) is 1. The van der Waals surface area contributed by atoms with E-state index in [0.29, 0.717) is 0 Å². The van der Waals surface area contributed by atoms with Gasteiger partial charge in [-0.2, -0.15) is 0 Å². The van der Waals surface area contributed by atoms with Crippen molar-refractivity contribution in [1.82, 2.24) is 4.57 Å². The number of aryl methyl sites for hydroxylation is 2. The highest BCUT2D eigenvalue weighted by molar-refractivity contribution is 6.08. The Hall–Kier alpha value is -1.80. The summed E-state index contributed by atoms with van der Waals surface area (Å²) in [6.07, 6.45) is 2.12. The molecule has 0 radical (unpaired) electrons.